The molecule has 0 aliphatic rings. The molecule has 2 heterocycles. The minimum absolute atomic E-state index is 0.408. The molecule has 2 N–H and O–H groups in total. The van der Waals surface area contributed by atoms with E-state index in [2.05, 4.69) is 15.3 Å². The van der Waals surface area contributed by atoms with Crippen LogP contribution in [0.1, 0.15) is 26.3 Å². The Kier molecular flexibility index (Phi) is 4.25. The minimum Gasteiger partial charge on any atom is -0.444 e. The van der Waals surface area contributed by atoms with Gasteiger partial charge < -0.3 is 15.0 Å². The largest absolute Gasteiger partial charge is 0.444 e. The first kappa shape index (κ1) is 16.1. The Morgan fingerprint density at radius 1 is 1.17 bits per heavy atom. The SMILES string of the molecule is CC(C)(C)OC(=O)NCc1ccc(-c2ccnc3[nH]ccc23)cc1. The Balaban J connectivity index is 1.70. The maximum atomic E-state index is 11.7. The van der Waals surface area contributed by atoms with Gasteiger partial charge in [-0.3, -0.25) is 0 Å². The molecular weight excluding hydrogens is 302 g/mol. The first-order valence-corrected chi connectivity index (χ1v) is 7.91. The molecule has 2 aromatic heterocycles. The first-order chi connectivity index (χ1) is 11.4. The fraction of sp³-hybridized carbons (Fsp3) is 0.263. The summed E-state index contributed by atoms with van der Waals surface area (Å²) in [4.78, 5) is 19.1. The predicted molar refractivity (Wildman–Crippen MR) is 94.6 cm³/mol. The number of amides is 1. The van der Waals surface area contributed by atoms with Gasteiger partial charge in [-0.1, -0.05) is 24.3 Å². The lowest BCUT2D eigenvalue weighted by atomic mass is 10.0. The highest BCUT2D eigenvalue weighted by Gasteiger charge is 2.15. The van der Waals surface area contributed by atoms with Crippen LogP contribution < -0.4 is 5.32 Å². The van der Waals surface area contributed by atoms with Crippen LogP contribution in [0.25, 0.3) is 22.2 Å². The van der Waals surface area contributed by atoms with Crippen molar-refractivity contribution in [3.8, 4) is 11.1 Å². The Bertz CT molecular complexity index is 845. The molecule has 0 saturated heterocycles. The number of fused-ring (bicyclic) bond motifs is 1. The van der Waals surface area contributed by atoms with Gasteiger partial charge in [-0.05, 0) is 49.6 Å². The van der Waals surface area contributed by atoms with Gasteiger partial charge in [0.1, 0.15) is 11.2 Å². The quantitative estimate of drug-likeness (QED) is 0.757. The van der Waals surface area contributed by atoms with Crippen LogP contribution in [0, 0.1) is 0 Å². The second-order valence-corrected chi connectivity index (χ2v) is 6.65. The van der Waals surface area contributed by atoms with Crippen molar-refractivity contribution >= 4 is 17.1 Å². The number of pyridine rings is 1. The maximum absolute atomic E-state index is 11.7. The molecule has 3 aromatic rings. The Hall–Kier alpha value is -2.82. The van der Waals surface area contributed by atoms with Crippen molar-refractivity contribution in [1.82, 2.24) is 15.3 Å². The Morgan fingerprint density at radius 2 is 1.92 bits per heavy atom. The molecule has 0 unspecified atom stereocenters. The van der Waals surface area contributed by atoms with Crippen LogP contribution in [0.5, 0.6) is 0 Å². The van der Waals surface area contributed by atoms with E-state index >= 15 is 0 Å². The number of hydrogen-bond acceptors (Lipinski definition) is 3. The number of H-pyrrole nitrogens is 1. The van der Waals surface area contributed by atoms with E-state index in [4.69, 9.17) is 4.74 Å². The highest BCUT2D eigenvalue weighted by Crippen LogP contribution is 2.27. The van der Waals surface area contributed by atoms with E-state index in [-0.39, 0.29) is 0 Å². The van der Waals surface area contributed by atoms with Crippen LogP contribution in [0.15, 0.2) is 48.8 Å². The van der Waals surface area contributed by atoms with E-state index in [1.807, 2.05) is 63.4 Å². The average Bonchev–Trinajstić information content (AvgIpc) is 3.00. The number of alkyl carbamates (subject to hydrolysis) is 1. The summed E-state index contributed by atoms with van der Waals surface area (Å²) in [5.41, 5.74) is 3.65. The maximum Gasteiger partial charge on any atom is 0.407 e. The number of rotatable bonds is 3. The molecule has 1 amide bonds. The molecule has 5 heteroatoms. The van der Waals surface area contributed by atoms with Crippen LogP contribution in [0.4, 0.5) is 4.79 Å². The van der Waals surface area contributed by atoms with Crippen molar-refractivity contribution < 1.29 is 9.53 Å². The lowest BCUT2D eigenvalue weighted by molar-refractivity contribution is 0.0523. The fourth-order valence-corrected chi connectivity index (χ4v) is 2.50. The lowest BCUT2D eigenvalue weighted by Crippen LogP contribution is -2.32. The summed E-state index contributed by atoms with van der Waals surface area (Å²) in [5.74, 6) is 0. The molecule has 0 atom stereocenters. The number of nitrogens with one attached hydrogen (secondary N) is 2. The Labute approximate surface area is 141 Å². The van der Waals surface area contributed by atoms with Gasteiger partial charge in [-0.2, -0.15) is 0 Å². The normalized spacial score (nSPS) is 11.5. The van der Waals surface area contributed by atoms with E-state index < -0.39 is 11.7 Å². The lowest BCUT2D eigenvalue weighted by Gasteiger charge is -2.19. The van der Waals surface area contributed by atoms with E-state index in [1.165, 1.54) is 0 Å². The van der Waals surface area contributed by atoms with Crippen molar-refractivity contribution in [3.63, 3.8) is 0 Å². The van der Waals surface area contributed by atoms with Crippen LogP contribution in [0.3, 0.4) is 0 Å². The zero-order valence-electron chi connectivity index (χ0n) is 14.1. The van der Waals surface area contributed by atoms with Gasteiger partial charge in [0, 0.05) is 24.3 Å². The smallest absolute Gasteiger partial charge is 0.407 e. The molecule has 0 spiro atoms. The van der Waals surface area contributed by atoms with Gasteiger partial charge in [0.25, 0.3) is 0 Å². The zero-order chi connectivity index (χ0) is 17.2. The van der Waals surface area contributed by atoms with Crippen molar-refractivity contribution in [2.45, 2.75) is 32.9 Å². The van der Waals surface area contributed by atoms with E-state index in [9.17, 15) is 4.79 Å². The summed E-state index contributed by atoms with van der Waals surface area (Å²) >= 11 is 0. The topological polar surface area (TPSA) is 67.0 Å². The summed E-state index contributed by atoms with van der Waals surface area (Å²) in [5, 5.41) is 3.86. The predicted octanol–water partition coefficient (Wildman–Crippen LogP) is 4.25. The molecular formula is C19H21N3O2. The van der Waals surface area contributed by atoms with Crippen LogP contribution in [-0.4, -0.2) is 21.7 Å². The van der Waals surface area contributed by atoms with Gasteiger partial charge in [0.2, 0.25) is 0 Å². The average molecular weight is 323 g/mol. The van der Waals surface area contributed by atoms with Gasteiger partial charge >= 0.3 is 6.09 Å². The molecule has 0 bridgehead atoms. The molecule has 0 fully saturated rings. The van der Waals surface area contributed by atoms with Gasteiger partial charge in [-0.15, -0.1) is 0 Å². The minimum atomic E-state index is -0.489. The molecule has 5 nitrogen and oxygen atoms in total. The number of nitrogens with zero attached hydrogens (tertiary/aromatic N) is 1. The third-order valence-electron chi connectivity index (χ3n) is 3.56. The summed E-state index contributed by atoms with van der Waals surface area (Å²) in [7, 11) is 0. The number of carbonyl (C=O) groups excluding carboxylic acids is 1. The molecule has 1 aromatic carbocycles. The number of benzene rings is 1. The second kappa shape index (κ2) is 6.35. The van der Waals surface area contributed by atoms with E-state index in [1.54, 1.807) is 6.20 Å². The van der Waals surface area contributed by atoms with Crippen molar-refractivity contribution in [2.75, 3.05) is 0 Å². The second-order valence-electron chi connectivity index (χ2n) is 6.65. The molecule has 0 aliphatic heterocycles. The third-order valence-corrected chi connectivity index (χ3v) is 3.56. The van der Waals surface area contributed by atoms with Crippen LogP contribution in [0.2, 0.25) is 0 Å². The molecule has 124 valence electrons. The van der Waals surface area contributed by atoms with Crippen molar-refractivity contribution in [2.24, 2.45) is 0 Å². The van der Waals surface area contributed by atoms with Crippen molar-refractivity contribution in [1.29, 1.82) is 0 Å². The van der Waals surface area contributed by atoms with Crippen LogP contribution in [-0.2, 0) is 11.3 Å². The van der Waals surface area contributed by atoms with Gasteiger partial charge in [0.15, 0.2) is 0 Å². The third kappa shape index (κ3) is 3.74. The highest BCUT2D eigenvalue weighted by atomic mass is 16.6. The van der Waals surface area contributed by atoms with Gasteiger partial charge in [0.05, 0.1) is 0 Å². The highest BCUT2D eigenvalue weighted by molar-refractivity contribution is 5.92. The standard InChI is InChI=1S/C19H21N3O2/c1-19(2,3)24-18(23)22-12-13-4-6-14(7-5-13)15-8-10-20-17-16(15)9-11-21-17/h4-11H,12H2,1-3H3,(H,20,21)(H,22,23). The number of ether oxygens (including phenoxy) is 1. The summed E-state index contributed by atoms with van der Waals surface area (Å²) < 4.78 is 5.23. The van der Waals surface area contributed by atoms with E-state index in [0.717, 1.165) is 27.7 Å². The van der Waals surface area contributed by atoms with Crippen molar-refractivity contribution in [3.05, 3.63) is 54.4 Å². The first-order valence-electron chi connectivity index (χ1n) is 7.91. The van der Waals surface area contributed by atoms with E-state index in [0.29, 0.717) is 6.54 Å². The molecule has 0 radical (unpaired) electrons. The molecule has 0 saturated carbocycles. The zero-order valence-corrected chi connectivity index (χ0v) is 14.1. The number of aromatic nitrogens is 2. The number of carbonyl (C=O) groups is 1. The summed E-state index contributed by atoms with van der Waals surface area (Å²) in [6, 6.07) is 12.1. The Morgan fingerprint density at radius 3 is 2.62 bits per heavy atom. The summed E-state index contributed by atoms with van der Waals surface area (Å²) in [6.07, 6.45) is 3.28. The molecule has 0 aliphatic carbocycles. The number of hydrogen-bond donors (Lipinski definition) is 2. The van der Waals surface area contributed by atoms with Gasteiger partial charge in [-0.25, -0.2) is 9.78 Å². The number of aromatic amines is 1. The molecule has 24 heavy (non-hydrogen) atoms. The fourth-order valence-electron chi connectivity index (χ4n) is 2.50. The monoisotopic (exact) mass is 323 g/mol. The summed E-state index contributed by atoms with van der Waals surface area (Å²) in [6.45, 7) is 5.97. The van der Waals surface area contributed by atoms with Crippen LogP contribution >= 0.6 is 0 Å². The molecule has 3 rings (SSSR count).